The van der Waals surface area contributed by atoms with Crippen molar-refractivity contribution >= 4 is 21.7 Å². The van der Waals surface area contributed by atoms with Crippen LogP contribution in [0.1, 0.15) is 57.1 Å². The van der Waals surface area contributed by atoms with E-state index in [0.717, 1.165) is 18.2 Å². The van der Waals surface area contributed by atoms with Crippen LogP contribution in [-0.4, -0.2) is 67.7 Å². The van der Waals surface area contributed by atoms with E-state index in [2.05, 4.69) is 10.2 Å². The Morgan fingerprint density at radius 1 is 1.15 bits per heavy atom. The van der Waals surface area contributed by atoms with E-state index in [-0.39, 0.29) is 33.8 Å². The molecule has 1 fully saturated rings. The fraction of sp³-hybridized carbons (Fsp3) is 0.538. The van der Waals surface area contributed by atoms with E-state index >= 15 is 0 Å². The molecule has 0 aromatic carbocycles. The zero-order chi connectivity index (χ0) is 30.3. The lowest BCUT2D eigenvalue weighted by atomic mass is 9.94. The summed E-state index contributed by atoms with van der Waals surface area (Å²) in [6.07, 6.45) is -1.82. The zero-order valence-electron chi connectivity index (χ0n) is 23.8. The van der Waals surface area contributed by atoms with Gasteiger partial charge in [-0.2, -0.15) is 18.3 Å². The second-order valence-corrected chi connectivity index (χ2v) is 13.7. The molecule has 3 aromatic rings. The minimum atomic E-state index is -4.45. The van der Waals surface area contributed by atoms with Crippen LogP contribution in [0.15, 0.2) is 35.5 Å². The molecule has 2 aliphatic heterocycles. The number of carbonyl (C=O) groups excluding carboxylic acids is 1. The van der Waals surface area contributed by atoms with E-state index in [0.29, 0.717) is 12.2 Å². The summed E-state index contributed by atoms with van der Waals surface area (Å²) >= 11 is 0. The van der Waals surface area contributed by atoms with E-state index in [1.54, 1.807) is 14.0 Å². The summed E-state index contributed by atoms with van der Waals surface area (Å²) in [4.78, 5) is 20.4. The number of sulfonamides is 1. The van der Waals surface area contributed by atoms with Gasteiger partial charge in [0.2, 0.25) is 5.88 Å². The van der Waals surface area contributed by atoms with Crippen molar-refractivity contribution in [2.45, 2.75) is 70.7 Å². The third kappa shape index (κ3) is 4.63. The summed E-state index contributed by atoms with van der Waals surface area (Å²) < 4.78 is 76.5. The molecule has 1 saturated heterocycles. The highest BCUT2D eigenvalue weighted by Crippen LogP contribution is 2.48. The predicted octanol–water partition coefficient (Wildman–Crippen LogP) is 4.07. The molecule has 0 N–H and O–H groups in total. The van der Waals surface area contributed by atoms with E-state index in [1.165, 1.54) is 40.0 Å². The van der Waals surface area contributed by atoms with E-state index in [1.807, 2.05) is 25.7 Å². The van der Waals surface area contributed by atoms with E-state index in [9.17, 15) is 26.4 Å². The second-order valence-electron chi connectivity index (χ2n) is 11.9. The van der Waals surface area contributed by atoms with Crippen molar-refractivity contribution in [3.05, 3.63) is 41.9 Å². The molecule has 0 aliphatic carbocycles. The molecule has 0 radical (unpaired) electrons. The summed E-state index contributed by atoms with van der Waals surface area (Å²) in [5.74, 6) is -0.351. The Morgan fingerprint density at radius 3 is 2.44 bits per heavy atom. The molecule has 0 saturated carbocycles. The average molecular weight is 596 g/mol. The SMILES string of the molecule is Cc1nn(C)cc1S(=O)(=O)N1C(=O)c2ccc(-n3ccc(OCC(C)(C)C(F)(F)F)n3)nc2N2C1C(C)CC2(C)C. The lowest BCUT2D eigenvalue weighted by Gasteiger charge is -2.45. The first-order valence-electron chi connectivity index (χ1n) is 13.0. The van der Waals surface area contributed by atoms with Crippen LogP contribution in [0.25, 0.3) is 5.82 Å². The number of pyridine rings is 1. The quantitative estimate of drug-likeness (QED) is 0.419. The summed E-state index contributed by atoms with van der Waals surface area (Å²) in [6, 6.07) is 4.41. The van der Waals surface area contributed by atoms with Gasteiger partial charge >= 0.3 is 6.18 Å². The van der Waals surface area contributed by atoms with Gasteiger partial charge in [0.1, 0.15) is 23.5 Å². The van der Waals surface area contributed by atoms with Crippen LogP contribution < -0.4 is 9.64 Å². The highest BCUT2D eigenvalue weighted by Gasteiger charge is 2.56. The lowest BCUT2D eigenvalue weighted by Crippen LogP contribution is -2.60. The first-order valence-corrected chi connectivity index (χ1v) is 14.4. The van der Waals surface area contributed by atoms with Crippen molar-refractivity contribution in [1.29, 1.82) is 0 Å². The third-order valence-corrected chi connectivity index (χ3v) is 9.52. The summed E-state index contributed by atoms with van der Waals surface area (Å²) in [7, 11) is -2.66. The van der Waals surface area contributed by atoms with Crippen LogP contribution in [-0.2, 0) is 17.1 Å². The van der Waals surface area contributed by atoms with E-state index in [4.69, 9.17) is 9.72 Å². The Kier molecular flexibility index (Phi) is 6.48. The van der Waals surface area contributed by atoms with Gasteiger partial charge in [-0.25, -0.2) is 22.4 Å². The van der Waals surface area contributed by atoms with Crippen molar-refractivity contribution in [1.82, 2.24) is 28.9 Å². The van der Waals surface area contributed by atoms with Crippen molar-refractivity contribution in [2.24, 2.45) is 18.4 Å². The Bertz CT molecular complexity index is 1630. The number of aryl methyl sites for hydroxylation is 2. The van der Waals surface area contributed by atoms with Gasteiger partial charge in [0.05, 0.1) is 16.7 Å². The molecule has 5 rings (SSSR count). The van der Waals surface area contributed by atoms with Gasteiger partial charge in [-0.3, -0.25) is 9.48 Å². The number of rotatable bonds is 6. The van der Waals surface area contributed by atoms with Crippen molar-refractivity contribution in [2.75, 3.05) is 11.5 Å². The molecule has 1 amide bonds. The number of anilines is 1. The van der Waals surface area contributed by atoms with Gasteiger partial charge in [-0.1, -0.05) is 6.92 Å². The maximum absolute atomic E-state index is 13.9. The third-order valence-electron chi connectivity index (χ3n) is 7.66. The van der Waals surface area contributed by atoms with Gasteiger partial charge in [0.15, 0.2) is 5.82 Å². The molecule has 15 heteroatoms. The highest BCUT2D eigenvalue weighted by atomic mass is 32.2. The molecular formula is C26H32F3N7O4S. The topological polar surface area (TPSA) is 115 Å². The van der Waals surface area contributed by atoms with E-state index < -0.39 is 45.8 Å². The standard InChI is InChI=1S/C26H32F3N7O4S/c1-15-12-25(5,6)35-21-17(23(37)36(22(15)35)41(38,39)18-13-33(7)31-16(18)2)8-9-19(30-21)34-11-10-20(32-34)40-14-24(3,4)26(27,28)29/h8-11,13,15,22H,12,14H2,1-7H3. The minimum absolute atomic E-state index is 0.0185. The molecule has 5 heterocycles. The zero-order valence-corrected chi connectivity index (χ0v) is 24.6. The number of hydrogen-bond acceptors (Lipinski definition) is 8. The normalized spacial score (nSPS) is 20.8. The van der Waals surface area contributed by atoms with Crippen molar-refractivity contribution < 1.29 is 31.1 Å². The summed E-state index contributed by atoms with van der Waals surface area (Å²) in [6.45, 7) is 8.85. The molecule has 41 heavy (non-hydrogen) atoms. The summed E-state index contributed by atoms with van der Waals surface area (Å²) in [5, 5.41) is 8.38. The first kappa shape index (κ1) is 28.9. The van der Waals surface area contributed by atoms with Crippen LogP contribution in [0.3, 0.4) is 0 Å². The number of fused-ring (bicyclic) bond motifs is 3. The number of halogens is 3. The molecular weight excluding hydrogens is 563 g/mol. The lowest BCUT2D eigenvalue weighted by molar-refractivity contribution is -0.219. The molecule has 2 atom stereocenters. The van der Waals surface area contributed by atoms with Gasteiger partial charge in [-0.05, 0) is 59.1 Å². The average Bonchev–Trinajstić information content (AvgIpc) is 3.52. The molecule has 0 spiro atoms. The molecule has 2 aliphatic rings. The van der Waals surface area contributed by atoms with Crippen molar-refractivity contribution in [3.63, 3.8) is 0 Å². The van der Waals surface area contributed by atoms with Crippen LogP contribution in [0.5, 0.6) is 5.88 Å². The number of alkyl halides is 3. The molecule has 11 nitrogen and oxygen atoms in total. The Morgan fingerprint density at radius 2 is 1.83 bits per heavy atom. The van der Waals surface area contributed by atoms with Gasteiger partial charge in [-0.15, -0.1) is 5.10 Å². The van der Waals surface area contributed by atoms with Crippen LogP contribution >= 0.6 is 0 Å². The fourth-order valence-corrected chi connectivity index (χ4v) is 7.36. The first-order chi connectivity index (χ1) is 18.8. The number of carbonyl (C=O) groups is 1. The smallest absolute Gasteiger partial charge is 0.397 e. The Hall–Kier alpha value is -3.62. The monoisotopic (exact) mass is 595 g/mol. The van der Waals surface area contributed by atoms with Crippen LogP contribution in [0, 0.1) is 18.3 Å². The second kappa shape index (κ2) is 9.19. The maximum atomic E-state index is 13.9. The fourth-order valence-electron chi connectivity index (χ4n) is 5.54. The molecule has 2 unspecified atom stereocenters. The number of nitrogens with zero attached hydrogens (tertiary/aromatic N) is 7. The Labute approximate surface area is 235 Å². The highest BCUT2D eigenvalue weighted by molar-refractivity contribution is 7.89. The largest absolute Gasteiger partial charge is 0.476 e. The number of amides is 1. The number of aromatic nitrogens is 5. The van der Waals surface area contributed by atoms with Gasteiger partial charge < -0.3 is 9.64 Å². The van der Waals surface area contributed by atoms with Gasteiger partial charge in [0, 0.05) is 31.0 Å². The number of ether oxygens (including phenoxy) is 1. The molecule has 222 valence electrons. The minimum Gasteiger partial charge on any atom is -0.476 e. The molecule has 0 bridgehead atoms. The van der Waals surface area contributed by atoms with Gasteiger partial charge in [0.25, 0.3) is 15.9 Å². The summed E-state index contributed by atoms with van der Waals surface area (Å²) in [5.41, 5.74) is -2.25. The number of hydrogen-bond donors (Lipinski definition) is 0. The van der Waals surface area contributed by atoms with Crippen molar-refractivity contribution in [3.8, 4) is 11.7 Å². The van der Waals surface area contributed by atoms with Crippen LogP contribution in [0.2, 0.25) is 0 Å². The predicted molar refractivity (Wildman–Crippen MR) is 142 cm³/mol. The molecule has 3 aromatic heterocycles. The maximum Gasteiger partial charge on any atom is 0.397 e. The van der Waals surface area contributed by atoms with Crippen LogP contribution in [0.4, 0.5) is 19.0 Å². The Balaban J connectivity index is 1.54.